The summed E-state index contributed by atoms with van der Waals surface area (Å²) in [4.78, 5) is 13.7. The van der Waals surface area contributed by atoms with E-state index in [1.54, 1.807) is 30.0 Å². The molecule has 0 saturated heterocycles. The van der Waals surface area contributed by atoms with Gasteiger partial charge in [0.15, 0.2) is 0 Å². The van der Waals surface area contributed by atoms with Crippen LogP contribution in [0.15, 0.2) is 78.0 Å². The topological polar surface area (TPSA) is 112 Å². The first-order valence-electron chi connectivity index (χ1n) is 11.7. The normalized spacial score (nSPS) is 14.4. The highest BCUT2D eigenvalue weighted by Gasteiger charge is 2.34. The first kappa shape index (κ1) is 25.1. The van der Waals surface area contributed by atoms with Gasteiger partial charge in [0, 0.05) is 16.8 Å². The van der Waals surface area contributed by atoms with Crippen molar-refractivity contribution in [3.63, 3.8) is 0 Å². The van der Waals surface area contributed by atoms with Crippen LogP contribution >= 0.6 is 11.6 Å². The summed E-state index contributed by atoms with van der Waals surface area (Å²) in [6.45, 7) is 2.21. The van der Waals surface area contributed by atoms with Gasteiger partial charge in [-0.05, 0) is 64.9 Å². The lowest BCUT2D eigenvalue weighted by Gasteiger charge is -2.28. The highest BCUT2D eigenvalue weighted by atomic mass is 35.5. The summed E-state index contributed by atoms with van der Waals surface area (Å²) >= 11 is 5.96. The van der Waals surface area contributed by atoms with Gasteiger partial charge in [-0.15, -0.1) is 0 Å². The van der Waals surface area contributed by atoms with E-state index in [2.05, 4.69) is 26.2 Å². The average molecular weight is 533 g/mol. The molecule has 1 aliphatic heterocycles. The zero-order valence-corrected chi connectivity index (χ0v) is 21.7. The van der Waals surface area contributed by atoms with Crippen LogP contribution in [-0.2, 0) is 11.4 Å². The van der Waals surface area contributed by atoms with Crippen LogP contribution in [0.2, 0.25) is 5.02 Å². The lowest BCUT2D eigenvalue weighted by atomic mass is 9.95. The lowest BCUT2D eigenvalue weighted by molar-refractivity contribution is -0.113. The third-order valence-electron chi connectivity index (χ3n) is 6.13. The molecule has 38 heavy (non-hydrogen) atoms. The molecule has 1 aliphatic rings. The quantitative estimate of drug-likeness (QED) is 0.331. The highest BCUT2D eigenvalue weighted by Crippen LogP contribution is 2.37. The summed E-state index contributed by atoms with van der Waals surface area (Å²) in [5.41, 5.74) is 3.36. The van der Waals surface area contributed by atoms with Crippen molar-refractivity contribution in [1.82, 2.24) is 20.2 Å². The molecule has 1 atom stereocenters. The molecule has 1 unspecified atom stereocenters. The van der Waals surface area contributed by atoms with Crippen LogP contribution in [0, 0.1) is 0 Å². The molecule has 1 aromatic heterocycles. The number of aromatic nitrogens is 4. The van der Waals surface area contributed by atoms with Crippen molar-refractivity contribution in [1.29, 1.82) is 0 Å². The summed E-state index contributed by atoms with van der Waals surface area (Å²) in [5, 5.41) is 18.7. The highest BCUT2D eigenvalue weighted by molar-refractivity contribution is 6.30. The van der Waals surface area contributed by atoms with Crippen LogP contribution in [-0.4, -0.2) is 40.3 Å². The van der Waals surface area contributed by atoms with Gasteiger partial charge < -0.3 is 24.8 Å². The van der Waals surface area contributed by atoms with Crippen LogP contribution in [0.1, 0.15) is 24.1 Å². The molecule has 0 saturated carbocycles. The number of hydrogen-bond donors (Lipinski definition) is 2. The minimum Gasteiger partial charge on any atom is -0.497 e. The van der Waals surface area contributed by atoms with Crippen molar-refractivity contribution in [2.45, 2.75) is 19.6 Å². The van der Waals surface area contributed by atoms with E-state index in [9.17, 15) is 4.79 Å². The van der Waals surface area contributed by atoms with E-state index in [1.165, 1.54) is 7.11 Å². The van der Waals surface area contributed by atoms with E-state index in [0.717, 1.165) is 11.1 Å². The maximum absolute atomic E-state index is 13.7. The number of nitrogens with one attached hydrogen (secondary N) is 2. The third kappa shape index (κ3) is 5.12. The molecule has 0 radical (unpaired) electrons. The fraction of sp³-hybridized carbons (Fsp3) is 0.185. The molecule has 11 heteroatoms. The van der Waals surface area contributed by atoms with Crippen LogP contribution in [0.3, 0.4) is 0 Å². The SMILES string of the molecule is COc1ccc(OC)c(NC(=O)C2=C(C)Nc3nnnn3C2c2ccc(OCc3ccc(Cl)cc3)cc2)c1. The largest absolute Gasteiger partial charge is 0.497 e. The molecule has 0 bridgehead atoms. The van der Waals surface area contributed by atoms with Crippen LogP contribution in [0.5, 0.6) is 17.2 Å². The number of tetrazole rings is 1. The first-order chi connectivity index (χ1) is 18.5. The van der Waals surface area contributed by atoms with Gasteiger partial charge in [0.2, 0.25) is 5.95 Å². The Morgan fingerprint density at radius 2 is 1.76 bits per heavy atom. The zero-order chi connectivity index (χ0) is 26.6. The Bertz CT molecular complexity index is 1480. The predicted octanol–water partition coefficient (Wildman–Crippen LogP) is 4.85. The number of methoxy groups -OCH3 is 2. The maximum Gasteiger partial charge on any atom is 0.255 e. The van der Waals surface area contributed by atoms with Gasteiger partial charge in [-0.25, -0.2) is 0 Å². The number of ether oxygens (including phenoxy) is 3. The van der Waals surface area contributed by atoms with Gasteiger partial charge in [-0.3, -0.25) is 4.79 Å². The molecule has 4 aromatic rings. The number of carbonyl (C=O) groups excluding carboxylic acids is 1. The molecular weight excluding hydrogens is 508 g/mol. The number of rotatable bonds is 8. The number of allylic oxidation sites excluding steroid dienone is 1. The van der Waals surface area contributed by atoms with Crippen molar-refractivity contribution in [3.8, 4) is 17.2 Å². The molecular formula is C27H25ClN6O4. The lowest BCUT2D eigenvalue weighted by Crippen LogP contribution is -2.31. The van der Waals surface area contributed by atoms with E-state index in [4.69, 9.17) is 25.8 Å². The molecule has 0 fully saturated rings. The standard InChI is InChI=1S/C27H25ClN6O4/c1-16-24(26(35)30-22-14-21(36-2)12-13-23(22)37-3)25(34-27(29-16)31-32-33-34)18-6-10-20(11-7-18)38-15-17-4-8-19(28)9-5-17/h4-14,25H,15H2,1-3H3,(H,30,35)(H,29,31,33). The van der Waals surface area contributed by atoms with Gasteiger partial charge in [0.05, 0.1) is 25.5 Å². The second-order valence-corrected chi connectivity index (χ2v) is 8.95. The summed E-state index contributed by atoms with van der Waals surface area (Å²) in [7, 11) is 3.10. The smallest absolute Gasteiger partial charge is 0.255 e. The van der Waals surface area contributed by atoms with Crippen molar-refractivity contribution >= 4 is 29.1 Å². The number of fused-ring (bicyclic) bond motifs is 1. The van der Waals surface area contributed by atoms with Crippen molar-refractivity contribution < 1.29 is 19.0 Å². The van der Waals surface area contributed by atoms with E-state index >= 15 is 0 Å². The van der Waals surface area contributed by atoms with E-state index in [-0.39, 0.29) is 5.91 Å². The molecule has 3 aromatic carbocycles. The zero-order valence-electron chi connectivity index (χ0n) is 20.9. The molecule has 1 amide bonds. The number of halogens is 1. The maximum atomic E-state index is 13.7. The number of anilines is 2. The Labute approximate surface area is 224 Å². The molecule has 5 rings (SSSR count). The van der Waals surface area contributed by atoms with E-state index in [0.29, 0.717) is 51.8 Å². The summed E-state index contributed by atoms with van der Waals surface area (Å²) in [6, 6.07) is 19.6. The number of carbonyl (C=O) groups is 1. The number of hydrogen-bond acceptors (Lipinski definition) is 8. The van der Waals surface area contributed by atoms with Gasteiger partial charge in [0.25, 0.3) is 5.91 Å². The fourth-order valence-electron chi connectivity index (χ4n) is 4.21. The van der Waals surface area contributed by atoms with Crippen molar-refractivity contribution in [2.75, 3.05) is 24.9 Å². The predicted molar refractivity (Wildman–Crippen MR) is 143 cm³/mol. The Hall–Kier alpha value is -4.57. The third-order valence-corrected chi connectivity index (χ3v) is 6.38. The van der Waals surface area contributed by atoms with E-state index in [1.807, 2.05) is 55.5 Å². The molecule has 2 N–H and O–H groups in total. The van der Waals surface area contributed by atoms with Crippen LogP contribution in [0.25, 0.3) is 0 Å². The van der Waals surface area contributed by atoms with Gasteiger partial charge in [0.1, 0.15) is 29.9 Å². The Balaban J connectivity index is 1.42. The summed E-state index contributed by atoms with van der Waals surface area (Å²) in [6.07, 6.45) is 0. The number of benzene rings is 3. The minimum atomic E-state index is -0.580. The Morgan fingerprint density at radius 3 is 2.47 bits per heavy atom. The monoisotopic (exact) mass is 532 g/mol. The Kier molecular flexibility index (Phi) is 7.14. The Morgan fingerprint density at radius 1 is 1.03 bits per heavy atom. The van der Waals surface area contributed by atoms with Crippen LogP contribution in [0.4, 0.5) is 11.6 Å². The van der Waals surface area contributed by atoms with Gasteiger partial charge in [-0.2, -0.15) is 4.68 Å². The number of nitrogens with zero attached hydrogens (tertiary/aromatic N) is 4. The van der Waals surface area contributed by atoms with E-state index < -0.39 is 6.04 Å². The second-order valence-electron chi connectivity index (χ2n) is 8.52. The average Bonchev–Trinajstić information content (AvgIpc) is 3.40. The first-order valence-corrected chi connectivity index (χ1v) is 12.1. The van der Waals surface area contributed by atoms with Crippen LogP contribution < -0.4 is 24.8 Å². The summed E-state index contributed by atoms with van der Waals surface area (Å²) in [5.74, 6) is 1.87. The molecule has 10 nitrogen and oxygen atoms in total. The second kappa shape index (κ2) is 10.8. The molecule has 0 spiro atoms. The van der Waals surface area contributed by atoms with Crippen molar-refractivity contribution in [3.05, 3.63) is 94.1 Å². The summed E-state index contributed by atoms with van der Waals surface area (Å²) < 4.78 is 18.3. The van der Waals surface area contributed by atoms with Gasteiger partial charge in [-0.1, -0.05) is 41.0 Å². The minimum absolute atomic E-state index is 0.337. The molecule has 0 aliphatic carbocycles. The number of amides is 1. The fourth-order valence-corrected chi connectivity index (χ4v) is 4.34. The van der Waals surface area contributed by atoms with Gasteiger partial charge >= 0.3 is 0 Å². The molecule has 194 valence electrons. The molecule has 2 heterocycles. The van der Waals surface area contributed by atoms with Crippen molar-refractivity contribution in [2.24, 2.45) is 0 Å².